The first-order chi connectivity index (χ1) is 5.11. The summed E-state index contributed by atoms with van der Waals surface area (Å²) in [6.07, 6.45) is 2.06. The van der Waals surface area contributed by atoms with E-state index in [4.69, 9.17) is 0 Å². The molecule has 0 amide bonds. The minimum atomic E-state index is -0.0923. The Labute approximate surface area is 68.9 Å². The van der Waals surface area contributed by atoms with Crippen LogP contribution < -0.4 is 0 Å². The van der Waals surface area contributed by atoms with Gasteiger partial charge in [0.15, 0.2) is 0 Å². The number of hydrogen-bond acceptors (Lipinski definition) is 2. The van der Waals surface area contributed by atoms with Crippen LogP contribution in [0.15, 0.2) is 0 Å². The molecule has 2 heteroatoms. The van der Waals surface area contributed by atoms with Gasteiger partial charge in [-0.1, -0.05) is 27.2 Å². The van der Waals surface area contributed by atoms with Crippen molar-refractivity contribution in [2.75, 3.05) is 7.11 Å². The highest BCUT2D eigenvalue weighted by Crippen LogP contribution is 2.15. The number of ether oxygens (including phenoxy) is 1. The molecule has 66 valence electrons. The average Bonchev–Trinajstić information content (AvgIpc) is 2.02. The lowest BCUT2D eigenvalue weighted by Crippen LogP contribution is -2.15. The van der Waals surface area contributed by atoms with Crippen LogP contribution in [0.3, 0.4) is 0 Å². The third kappa shape index (κ3) is 4.02. The zero-order valence-corrected chi connectivity index (χ0v) is 7.89. The Morgan fingerprint density at radius 1 is 1.45 bits per heavy atom. The number of esters is 1. The maximum absolute atomic E-state index is 10.9. The molecule has 0 saturated carbocycles. The molecule has 0 spiro atoms. The second-order valence-corrected chi connectivity index (χ2v) is 3.17. The van der Waals surface area contributed by atoms with Gasteiger partial charge in [-0.2, -0.15) is 0 Å². The number of rotatable bonds is 4. The van der Waals surface area contributed by atoms with Crippen LogP contribution >= 0.6 is 0 Å². The molecule has 0 heterocycles. The third-order valence-corrected chi connectivity index (χ3v) is 2.06. The van der Waals surface area contributed by atoms with Gasteiger partial charge in [0.25, 0.3) is 0 Å². The van der Waals surface area contributed by atoms with Crippen molar-refractivity contribution in [3.05, 3.63) is 0 Å². The van der Waals surface area contributed by atoms with Crippen LogP contribution in [0.5, 0.6) is 0 Å². The van der Waals surface area contributed by atoms with E-state index >= 15 is 0 Å². The molecule has 0 aliphatic rings. The summed E-state index contributed by atoms with van der Waals surface area (Å²) in [5.74, 6) is 0.573. The molecule has 2 atom stereocenters. The van der Waals surface area contributed by atoms with Gasteiger partial charge in [0.1, 0.15) is 0 Å². The van der Waals surface area contributed by atoms with Crippen LogP contribution in [0.2, 0.25) is 0 Å². The summed E-state index contributed by atoms with van der Waals surface area (Å²) in [5, 5.41) is 0. The van der Waals surface area contributed by atoms with Crippen molar-refractivity contribution in [3.63, 3.8) is 0 Å². The molecule has 1 unspecified atom stereocenters. The normalized spacial score (nSPS) is 15.6. The molecule has 2 nitrogen and oxygen atoms in total. The average molecular weight is 158 g/mol. The molecule has 0 N–H and O–H groups in total. The summed E-state index contributed by atoms with van der Waals surface area (Å²) in [7, 11) is 1.44. The zero-order chi connectivity index (χ0) is 8.85. The molecular weight excluding hydrogens is 140 g/mol. The second kappa shape index (κ2) is 5.16. The van der Waals surface area contributed by atoms with Gasteiger partial charge in [0, 0.05) is 0 Å². The standard InChI is InChI=1S/C9H18O2/c1-5-7(2)6-8(3)9(10)11-4/h7-8H,5-6H2,1-4H3/t7?,8-/m0/s1. The molecule has 0 aromatic rings. The lowest BCUT2D eigenvalue weighted by Gasteiger charge is -2.12. The highest BCUT2D eigenvalue weighted by molar-refractivity contribution is 5.71. The maximum Gasteiger partial charge on any atom is 0.308 e. The number of carbonyl (C=O) groups excluding carboxylic acids is 1. The van der Waals surface area contributed by atoms with Gasteiger partial charge >= 0.3 is 5.97 Å². The topological polar surface area (TPSA) is 26.3 Å². The van der Waals surface area contributed by atoms with Crippen molar-refractivity contribution in [1.82, 2.24) is 0 Å². The first-order valence-electron chi connectivity index (χ1n) is 4.19. The molecule has 0 radical (unpaired) electrons. The maximum atomic E-state index is 10.9. The van der Waals surface area contributed by atoms with E-state index in [-0.39, 0.29) is 11.9 Å². The Hall–Kier alpha value is -0.530. The summed E-state index contributed by atoms with van der Waals surface area (Å²) < 4.78 is 4.62. The summed E-state index contributed by atoms with van der Waals surface area (Å²) in [6.45, 7) is 6.20. The van der Waals surface area contributed by atoms with E-state index in [1.807, 2.05) is 6.92 Å². The van der Waals surface area contributed by atoms with Gasteiger partial charge < -0.3 is 4.74 Å². The molecule has 0 aliphatic carbocycles. The second-order valence-electron chi connectivity index (χ2n) is 3.17. The Morgan fingerprint density at radius 2 is 2.00 bits per heavy atom. The van der Waals surface area contributed by atoms with E-state index in [1.54, 1.807) is 0 Å². The molecule has 0 aliphatic heterocycles. The van der Waals surface area contributed by atoms with E-state index in [0.717, 1.165) is 12.8 Å². The van der Waals surface area contributed by atoms with E-state index in [1.165, 1.54) is 7.11 Å². The van der Waals surface area contributed by atoms with Crippen LogP contribution in [-0.4, -0.2) is 13.1 Å². The van der Waals surface area contributed by atoms with Crippen molar-refractivity contribution < 1.29 is 9.53 Å². The predicted octanol–water partition coefficient (Wildman–Crippen LogP) is 2.23. The van der Waals surface area contributed by atoms with Gasteiger partial charge in [-0.25, -0.2) is 0 Å². The lowest BCUT2D eigenvalue weighted by molar-refractivity contribution is -0.145. The van der Waals surface area contributed by atoms with Crippen molar-refractivity contribution in [1.29, 1.82) is 0 Å². The zero-order valence-electron chi connectivity index (χ0n) is 7.89. The Balaban J connectivity index is 3.67. The molecule has 0 aromatic carbocycles. The van der Waals surface area contributed by atoms with Crippen molar-refractivity contribution in [2.24, 2.45) is 11.8 Å². The van der Waals surface area contributed by atoms with Crippen molar-refractivity contribution in [3.8, 4) is 0 Å². The summed E-state index contributed by atoms with van der Waals surface area (Å²) >= 11 is 0. The molecule has 0 bridgehead atoms. The van der Waals surface area contributed by atoms with Crippen LogP contribution in [0, 0.1) is 11.8 Å². The Bertz CT molecular complexity index is 121. The van der Waals surface area contributed by atoms with Crippen LogP contribution in [0.1, 0.15) is 33.6 Å². The van der Waals surface area contributed by atoms with Crippen LogP contribution in [0.4, 0.5) is 0 Å². The fraction of sp³-hybridized carbons (Fsp3) is 0.889. The van der Waals surface area contributed by atoms with Crippen molar-refractivity contribution >= 4 is 5.97 Å². The molecule has 0 saturated heterocycles. The highest BCUT2D eigenvalue weighted by atomic mass is 16.5. The lowest BCUT2D eigenvalue weighted by atomic mass is 9.96. The smallest absolute Gasteiger partial charge is 0.308 e. The first kappa shape index (κ1) is 10.5. The monoisotopic (exact) mass is 158 g/mol. The quantitative estimate of drug-likeness (QED) is 0.586. The van der Waals surface area contributed by atoms with Gasteiger partial charge in [-0.05, 0) is 12.3 Å². The van der Waals surface area contributed by atoms with E-state index in [2.05, 4.69) is 18.6 Å². The van der Waals surface area contributed by atoms with Crippen molar-refractivity contribution in [2.45, 2.75) is 33.6 Å². The molecule has 0 aromatic heterocycles. The summed E-state index contributed by atoms with van der Waals surface area (Å²) in [5.41, 5.74) is 0. The highest BCUT2D eigenvalue weighted by Gasteiger charge is 2.15. The van der Waals surface area contributed by atoms with Gasteiger partial charge in [-0.15, -0.1) is 0 Å². The fourth-order valence-electron chi connectivity index (χ4n) is 1.07. The van der Waals surface area contributed by atoms with Gasteiger partial charge in [0.2, 0.25) is 0 Å². The summed E-state index contributed by atoms with van der Waals surface area (Å²) in [6, 6.07) is 0. The van der Waals surface area contributed by atoms with Gasteiger partial charge in [-0.3, -0.25) is 4.79 Å². The Morgan fingerprint density at radius 3 is 2.36 bits per heavy atom. The minimum absolute atomic E-state index is 0.0509. The molecule has 0 rings (SSSR count). The third-order valence-electron chi connectivity index (χ3n) is 2.06. The van der Waals surface area contributed by atoms with Crippen LogP contribution in [-0.2, 0) is 9.53 Å². The van der Waals surface area contributed by atoms with E-state index in [9.17, 15) is 4.79 Å². The molecule has 0 fully saturated rings. The fourth-order valence-corrected chi connectivity index (χ4v) is 1.07. The van der Waals surface area contributed by atoms with E-state index in [0.29, 0.717) is 5.92 Å². The first-order valence-corrected chi connectivity index (χ1v) is 4.19. The molecule has 11 heavy (non-hydrogen) atoms. The number of carbonyl (C=O) groups is 1. The number of methoxy groups -OCH3 is 1. The molecular formula is C9H18O2. The Kier molecular flexibility index (Phi) is 4.92. The largest absolute Gasteiger partial charge is 0.469 e. The van der Waals surface area contributed by atoms with E-state index < -0.39 is 0 Å². The van der Waals surface area contributed by atoms with Crippen LogP contribution in [0.25, 0.3) is 0 Å². The predicted molar refractivity (Wildman–Crippen MR) is 45.3 cm³/mol. The SMILES string of the molecule is CCC(C)C[C@H](C)C(=O)OC. The number of hydrogen-bond donors (Lipinski definition) is 0. The summed E-state index contributed by atoms with van der Waals surface area (Å²) in [4.78, 5) is 10.9. The van der Waals surface area contributed by atoms with Gasteiger partial charge in [0.05, 0.1) is 13.0 Å². The minimum Gasteiger partial charge on any atom is -0.469 e.